The summed E-state index contributed by atoms with van der Waals surface area (Å²) in [5.41, 5.74) is 2.65. The molecule has 0 aromatic heterocycles. The van der Waals surface area contributed by atoms with Gasteiger partial charge in [0.2, 0.25) is 0 Å². The summed E-state index contributed by atoms with van der Waals surface area (Å²) in [6.45, 7) is 12.4. The SMILES string of the molecule is C=C(C)N1CCC2CC1(CNc1ccc(Cl)cc1)C2.CC. The van der Waals surface area contributed by atoms with Gasteiger partial charge in [-0.25, -0.2) is 0 Å². The molecule has 3 fully saturated rings. The number of benzene rings is 1. The largest absolute Gasteiger partial charge is 0.383 e. The molecule has 2 nitrogen and oxygen atoms in total. The zero-order valence-electron chi connectivity index (χ0n) is 13.5. The molecule has 1 saturated carbocycles. The summed E-state index contributed by atoms with van der Waals surface area (Å²) in [5, 5.41) is 4.35. The number of hydrogen-bond acceptors (Lipinski definition) is 2. The van der Waals surface area contributed by atoms with Crippen molar-refractivity contribution in [3.05, 3.63) is 41.6 Å². The van der Waals surface area contributed by atoms with Crippen LogP contribution in [-0.4, -0.2) is 23.5 Å². The second kappa shape index (κ2) is 6.74. The third-order valence-electron chi connectivity index (χ3n) is 4.60. The van der Waals surface area contributed by atoms with Crippen LogP contribution in [0.4, 0.5) is 5.69 Å². The molecule has 1 N–H and O–H groups in total. The number of nitrogens with zero attached hydrogens (tertiary/aromatic N) is 1. The van der Waals surface area contributed by atoms with Gasteiger partial charge in [-0.1, -0.05) is 32.0 Å². The standard InChI is InChI=1S/C16H21ClN2.C2H6/c1-12(2)19-8-7-13-9-16(19,10-13)11-18-15-5-3-14(17)4-6-15;1-2/h3-6,13,18H,1,7-11H2,2H3;1-2H3. The van der Waals surface area contributed by atoms with Gasteiger partial charge >= 0.3 is 0 Å². The molecule has 1 aliphatic carbocycles. The van der Waals surface area contributed by atoms with E-state index in [0.717, 1.165) is 23.2 Å². The molecule has 1 aromatic carbocycles. The maximum absolute atomic E-state index is 5.91. The van der Waals surface area contributed by atoms with Crippen molar-refractivity contribution in [3.8, 4) is 0 Å². The number of piperidine rings is 2. The van der Waals surface area contributed by atoms with Crippen molar-refractivity contribution in [2.24, 2.45) is 5.92 Å². The second-order valence-electron chi connectivity index (χ2n) is 6.03. The van der Waals surface area contributed by atoms with Gasteiger partial charge in [-0.05, 0) is 56.4 Å². The van der Waals surface area contributed by atoms with Crippen LogP contribution in [0.25, 0.3) is 0 Å². The van der Waals surface area contributed by atoms with Crippen LogP contribution < -0.4 is 5.32 Å². The van der Waals surface area contributed by atoms with Gasteiger partial charge < -0.3 is 10.2 Å². The number of hydrogen-bond donors (Lipinski definition) is 1. The summed E-state index contributed by atoms with van der Waals surface area (Å²) in [5.74, 6) is 0.933. The number of nitrogens with one attached hydrogen (secondary N) is 1. The molecule has 1 aromatic rings. The fraction of sp³-hybridized carbons (Fsp3) is 0.556. The van der Waals surface area contributed by atoms with Gasteiger partial charge in [-0.2, -0.15) is 0 Å². The van der Waals surface area contributed by atoms with Crippen molar-refractivity contribution < 1.29 is 0 Å². The summed E-state index contributed by atoms with van der Waals surface area (Å²) < 4.78 is 0. The van der Waals surface area contributed by atoms with E-state index in [4.69, 9.17) is 11.6 Å². The highest BCUT2D eigenvalue weighted by Gasteiger charge is 2.51. The fourth-order valence-corrected chi connectivity index (χ4v) is 3.78. The van der Waals surface area contributed by atoms with Gasteiger partial charge in [0.15, 0.2) is 0 Å². The van der Waals surface area contributed by atoms with E-state index in [0.29, 0.717) is 5.54 Å². The lowest BCUT2D eigenvalue weighted by molar-refractivity contribution is -0.0453. The van der Waals surface area contributed by atoms with Gasteiger partial charge in [0.1, 0.15) is 0 Å². The van der Waals surface area contributed by atoms with Crippen LogP contribution in [0.2, 0.25) is 5.02 Å². The second-order valence-corrected chi connectivity index (χ2v) is 6.47. The molecule has 2 bridgehead atoms. The van der Waals surface area contributed by atoms with E-state index in [1.54, 1.807) is 0 Å². The maximum Gasteiger partial charge on any atom is 0.0576 e. The fourth-order valence-electron chi connectivity index (χ4n) is 3.66. The molecule has 0 spiro atoms. The van der Waals surface area contributed by atoms with Crippen LogP contribution in [-0.2, 0) is 0 Å². The lowest BCUT2D eigenvalue weighted by Gasteiger charge is -2.60. The molecule has 0 unspecified atom stereocenters. The van der Waals surface area contributed by atoms with E-state index in [-0.39, 0.29) is 0 Å². The van der Waals surface area contributed by atoms with E-state index in [1.165, 1.54) is 31.5 Å². The van der Waals surface area contributed by atoms with Crippen molar-refractivity contribution in [1.29, 1.82) is 0 Å². The average Bonchev–Trinajstić information content (AvgIpc) is 2.48. The van der Waals surface area contributed by atoms with Crippen LogP contribution >= 0.6 is 11.6 Å². The van der Waals surface area contributed by atoms with Gasteiger partial charge in [0.25, 0.3) is 0 Å². The highest BCUT2D eigenvalue weighted by atomic mass is 35.5. The van der Waals surface area contributed by atoms with Gasteiger partial charge in [0, 0.05) is 29.5 Å². The lowest BCUT2D eigenvalue weighted by Crippen LogP contribution is -2.64. The molecule has 21 heavy (non-hydrogen) atoms. The normalized spacial score (nSPS) is 26.3. The van der Waals surface area contributed by atoms with Crippen molar-refractivity contribution in [1.82, 2.24) is 4.90 Å². The summed E-state index contributed by atoms with van der Waals surface area (Å²) in [6.07, 6.45) is 3.94. The minimum atomic E-state index is 0.300. The van der Waals surface area contributed by atoms with Crippen molar-refractivity contribution in [2.45, 2.75) is 45.6 Å². The van der Waals surface area contributed by atoms with Gasteiger partial charge in [-0.3, -0.25) is 0 Å². The number of allylic oxidation sites excluding steroid dienone is 1. The van der Waals surface area contributed by atoms with Gasteiger partial charge in [0.05, 0.1) is 5.54 Å². The molecule has 3 aliphatic rings. The Morgan fingerprint density at radius 3 is 2.52 bits per heavy atom. The van der Waals surface area contributed by atoms with Gasteiger partial charge in [-0.15, -0.1) is 0 Å². The Kier molecular flexibility index (Phi) is 5.21. The summed E-state index contributed by atoms with van der Waals surface area (Å²) >= 11 is 5.91. The smallest absolute Gasteiger partial charge is 0.0576 e. The third-order valence-corrected chi connectivity index (χ3v) is 4.85. The number of fused-ring (bicyclic) bond motifs is 2. The summed E-state index contributed by atoms with van der Waals surface area (Å²) in [6, 6.07) is 7.96. The predicted molar refractivity (Wildman–Crippen MR) is 92.9 cm³/mol. The first-order valence-electron chi connectivity index (χ1n) is 8.02. The molecule has 0 amide bonds. The van der Waals surface area contributed by atoms with Crippen LogP contribution in [0, 0.1) is 5.92 Å². The molecule has 116 valence electrons. The van der Waals surface area contributed by atoms with Crippen molar-refractivity contribution >= 4 is 17.3 Å². The third kappa shape index (κ3) is 3.37. The Morgan fingerprint density at radius 1 is 1.33 bits per heavy atom. The first-order valence-corrected chi connectivity index (χ1v) is 8.39. The molecular weight excluding hydrogens is 280 g/mol. The Bertz CT molecular complexity index is 474. The first kappa shape index (κ1) is 16.2. The number of anilines is 1. The Labute approximate surface area is 134 Å². The highest BCUT2D eigenvalue weighted by Crippen LogP contribution is 2.50. The average molecular weight is 307 g/mol. The maximum atomic E-state index is 5.91. The predicted octanol–water partition coefficient (Wildman–Crippen LogP) is 5.17. The molecule has 2 saturated heterocycles. The van der Waals surface area contributed by atoms with Crippen LogP contribution in [0.5, 0.6) is 0 Å². The summed E-state index contributed by atoms with van der Waals surface area (Å²) in [4.78, 5) is 2.51. The zero-order chi connectivity index (χ0) is 15.5. The summed E-state index contributed by atoms with van der Waals surface area (Å²) in [7, 11) is 0. The topological polar surface area (TPSA) is 15.3 Å². The van der Waals surface area contributed by atoms with Crippen LogP contribution in [0.1, 0.15) is 40.0 Å². The van der Waals surface area contributed by atoms with Crippen molar-refractivity contribution in [2.75, 3.05) is 18.4 Å². The molecule has 0 radical (unpaired) electrons. The van der Waals surface area contributed by atoms with E-state index < -0.39 is 0 Å². The van der Waals surface area contributed by atoms with E-state index in [9.17, 15) is 0 Å². The number of rotatable bonds is 4. The monoisotopic (exact) mass is 306 g/mol. The molecule has 4 rings (SSSR count). The first-order chi connectivity index (χ1) is 10.1. The Hall–Kier alpha value is -1.15. The van der Waals surface area contributed by atoms with E-state index in [2.05, 4.69) is 23.7 Å². The number of halogens is 1. The molecular formula is C18H27ClN2. The minimum Gasteiger partial charge on any atom is -0.383 e. The molecule has 0 atom stereocenters. The van der Waals surface area contributed by atoms with Crippen LogP contribution in [0.15, 0.2) is 36.5 Å². The molecule has 2 heterocycles. The van der Waals surface area contributed by atoms with Crippen LogP contribution in [0.3, 0.4) is 0 Å². The zero-order valence-corrected chi connectivity index (χ0v) is 14.2. The minimum absolute atomic E-state index is 0.300. The Balaban J connectivity index is 0.000000774. The van der Waals surface area contributed by atoms with E-state index in [1.807, 2.05) is 38.1 Å². The Morgan fingerprint density at radius 2 is 1.95 bits per heavy atom. The molecule has 2 aliphatic heterocycles. The highest BCUT2D eigenvalue weighted by molar-refractivity contribution is 6.30. The lowest BCUT2D eigenvalue weighted by atomic mass is 9.62. The van der Waals surface area contributed by atoms with Crippen molar-refractivity contribution in [3.63, 3.8) is 0 Å². The quantitative estimate of drug-likeness (QED) is 0.826. The van der Waals surface area contributed by atoms with E-state index >= 15 is 0 Å². The molecule has 3 heteroatoms.